The molecule has 0 N–H and O–H groups in total. The summed E-state index contributed by atoms with van der Waals surface area (Å²) in [5.74, 6) is 0.147. The van der Waals surface area contributed by atoms with Crippen molar-refractivity contribution in [1.82, 2.24) is 0 Å². The number of halogens is 1. The summed E-state index contributed by atoms with van der Waals surface area (Å²) in [6.07, 6.45) is 0.408. The Hall–Kier alpha value is -1.65. The molecule has 3 aromatic rings. The van der Waals surface area contributed by atoms with Gasteiger partial charge in [0.25, 0.3) is 0 Å². The highest BCUT2D eigenvalue weighted by Gasteiger charge is 2.10. The molecule has 4 heteroatoms. The van der Waals surface area contributed by atoms with E-state index < -0.39 is 0 Å². The lowest BCUT2D eigenvalue weighted by Gasteiger charge is -2.02. The van der Waals surface area contributed by atoms with Gasteiger partial charge in [0.05, 0.1) is 5.75 Å². The van der Waals surface area contributed by atoms with Crippen LogP contribution in [0.3, 0.4) is 0 Å². The van der Waals surface area contributed by atoms with Crippen molar-refractivity contribution in [1.29, 1.82) is 0 Å². The van der Waals surface area contributed by atoms with Crippen molar-refractivity contribution >= 4 is 39.0 Å². The lowest BCUT2D eigenvalue weighted by Crippen LogP contribution is -2.05. The summed E-state index contributed by atoms with van der Waals surface area (Å²) >= 11 is 2.92. The van der Waals surface area contributed by atoms with Crippen LogP contribution in [0.15, 0.2) is 58.8 Å². The van der Waals surface area contributed by atoms with Gasteiger partial charge in [-0.3, -0.25) is 4.79 Å². The molecule has 21 heavy (non-hydrogen) atoms. The number of hydrogen-bond acceptors (Lipinski definition) is 3. The molecule has 1 nitrogen and oxygen atoms in total. The van der Waals surface area contributed by atoms with Crippen LogP contribution >= 0.6 is 23.1 Å². The van der Waals surface area contributed by atoms with E-state index in [4.69, 9.17) is 0 Å². The Morgan fingerprint density at radius 1 is 1.10 bits per heavy atom. The second kappa shape index (κ2) is 6.41. The molecule has 0 aliphatic heterocycles. The Balaban J connectivity index is 1.66. The van der Waals surface area contributed by atoms with Gasteiger partial charge in [0.15, 0.2) is 0 Å². The summed E-state index contributed by atoms with van der Waals surface area (Å²) in [6.45, 7) is 0. The van der Waals surface area contributed by atoms with Crippen molar-refractivity contribution < 1.29 is 9.18 Å². The number of benzene rings is 2. The van der Waals surface area contributed by atoms with E-state index in [1.165, 1.54) is 22.5 Å². The van der Waals surface area contributed by atoms with Crippen molar-refractivity contribution in [3.63, 3.8) is 0 Å². The number of carbonyl (C=O) groups excluding carboxylic acids is 1. The predicted molar refractivity (Wildman–Crippen MR) is 87.7 cm³/mol. The monoisotopic (exact) mass is 316 g/mol. The molecule has 0 saturated heterocycles. The van der Waals surface area contributed by atoms with Crippen LogP contribution in [0.25, 0.3) is 10.1 Å². The Labute approximate surface area is 130 Å². The number of carbonyl (C=O) groups is 1. The Morgan fingerprint density at radius 3 is 2.71 bits per heavy atom. The Kier molecular flexibility index (Phi) is 4.36. The number of hydrogen-bond donors (Lipinski definition) is 0. The summed E-state index contributed by atoms with van der Waals surface area (Å²) in [4.78, 5) is 12.6. The van der Waals surface area contributed by atoms with Gasteiger partial charge in [-0.05, 0) is 34.5 Å². The van der Waals surface area contributed by atoms with Gasteiger partial charge in [0.1, 0.15) is 11.6 Å². The number of thiophene rings is 1. The van der Waals surface area contributed by atoms with Crippen LogP contribution in [0.5, 0.6) is 0 Å². The lowest BCUT2D eigenvalue weighted by atomic mass is 10.1. The van der Waals surface area contributed by atoms with Crippen molar-refractivity contribution in [3.8, 4) is 0 Å². The van der Waals surface area contributed by atoms with E-state index in [1.54, 1.807) is 29.5 Å². The van der Waals surface area contributed by atoms with Gasteiger partial charge in [0.2, 0.25) is 0 Å². The zero-order chi connectivity index (χ0) is 14.7. The molecule has 0 bridgehead atoms. The van der Waals surface area contributed by atoms with Crippen LogP contribution in [0, 0.1) is 5.82 Å². The van der Waals surface area contributed by atoms with Crippen LogP contribution in [0.4, 0.5) is 4.39 Å². The van der Waals surface area contributed by atoms with E-state index in [-0.39, 0.29) is 11.6 Å². The SMILES string of the molecule is O=C(CSc1ccccc1F)Cc1csc2ccccc12. The van der Waals surface area contributed by atoms with Crippen LogP contribution in [0.2, 0.25) is 0 Å². The molecule has 0 amide bonds. The molecule has 0 spiro atoms. The van der Waals surface area contributed by atoms with Gasteiger partial charge in [-0.15, -0.1) is 23.1 Å². The molecule has 0 unspecified atom stereocenters. The van der Waals surface area contributed by atoms with Crippen molar-refractivity contribution in [2.75, 3.05) is 5.75 Å². The predicted octanol–water partition coefficient (Wildman–Crippen LogP) is 4.94. The van der Waals surface area contributed by atoms with Gasteiger partial charge in [0, 0.05) is 16.0 Å². The maximum Gasteiger partial charge on any atom is 0.147 e. The molecule has 1 aromatic heterocycles. The fourth-order valence-electron chi connectivity index (χ4n) is 2.15. The van der Waals surface area contributed by atoms with Crippen LogP contribution in [-0.2, 0) is 11.2 Å². The highest BCUT2D eigenvalue weighted by molar-refractivity contribution is 8.00. The third kappa shape index (κ3) is 3.34. The van der Waals surface area contributed by atoms with Crippen LogP contribution in [-0.4, -0.2) is 11.5 Å². The largest absolute Gasteiger partial charge is 0.298 e. The lowest BCUT2D eigenvalue weighted by molar-refractivity contribution is -0.115. The minimum absolute atomic E-state index is 0.117. The van der Waals surface area contributed by atoms with E-state index in [9.17, 15) is 9.18 Å². The van der Waals surface area contributed by atoms with Gasteiger partial charge in [-0.2, -0.15) is 0 Å². The quantitative estimate of drug-likeness (QED) is 0.620. The molecule has 0 saturated carbocycles. The highest BCUT2D eigenvalue weighted by atomic mass is 32.2. The number of ketones is 1. The maximum absolute atomic E-state index is 13.5. The number of rotatable bonds is 5. The standard InChI is InChI=1S/C17H13FOS2/c18-15-6-2-4-8-17(15)21-11-13(19)9-12-10-20-16-7-3-1-5-14(12)16/h1-8,10H,9,11H2. The van der Waals surface area contributed by atoms with E-state index in [0.29, 0.717) is 17.1 Å². The molecule has 0 aliphatic carbocycles. The normalized spacial score (nSPS) is 10.9. The van der Waals surface area contributed by atoms with E-state index in [2.05, 4.69) is 6.07 Å². The topological polar surface area (TPSA) is 17.1 Å². The van der Waals surface area contributed by atoms with Crippen LogP contribution in [0.1, 0.15) is 5.56 Å². The third-order valence-corrected chi connectivity index (χ3v) is 5.29. The molecule has 2 aromatic carbocycles. The van der Waals surface area contributed by atoms with Crippen molar-refractivity contribution in [2.45, 2.75) is 11.3 Å². The molecule has 0 fully saturated rings. The summed E-state index contributed by atoms with van der Waals surface area (Å²) in [7, 11) is 0. The first kappa shape index (κ1) is 14.3. The minimum atomic E-state index is -0.267. The number of thioether (sulfide) groups is 1. The fourth-order valence-corrected chi connectivity index (χ4v) is 3.92. The summed E-state index contributed by atoms with van der Waals surface area (Å²) in [6, 6.07) is 14.6. The molecule has 1 heterocycles. The molecular formula is C17H13FOS2. The Bertz CT molecular complexity index is 779. The van der Waals surface area contributed by atoms with Gasteiger partial charge in [-0.1, -0.05) is 30.3 Å². The van der Waals surface area contributed by atoms with Crippen molar-refractivity contribution in [2.24, 2.45) is 0 Å². The number of fused-ring (bicyclic) bond motifs is 1. The molecule has 0 aliphatic rings. The average Bonchev–Trinajstić information content (AvgIpc) is 2.90. The zero-order valence-electron chi connectivity index (χ0n) is 11.2. The molecule has 0 atom stereocenters. The van der Waals surface area contributed by atoms with E-state index in [0.717, 1.165) is 10.9 Å². The third-order valence-electron chi connectivity index (χ3n) is 3.17. The molecule has 3 rings (SSSR count). The summed E-state index contributed by atoms with van der Waals surface area (Å²) < 4.78 is 14.7. The van der Waals surface area contributed by atoms with Gasteiger partial charge in [-0.25, -0.2) is 4.39 Å². The van der Waals surface area contributed by atoms with Crippen LogP contribution < -0.4 is 0 Å². The van der Waals surface area contributed by atoms with E-state index >= 15 is 0 Å². The summed E-state index contributed by atoms with van der Waals surface area (Å²) in [5, 5.41) is 3.18. The smallest absolute Gasteiger partial charge is 0.147 e. The highest BCUT2D eigenvalue weighted by Crippen LogP contribution is 2.27. The second-order valence-corrected chi connectivity index (χ2v) is 6.62. The zero-order valence-corrected chi connectivity index (χ0v) is 12.8. The molecular weight excluding hydrogens is 303 g/mol. The van der Waals surface area contributed by atoms with Gasteiger partial charge >= 0.3 is 0 Å². The summed E-state index contributed by atoms with van der Waals surface area (Å²) in [5.41, 5.74) is 1.06. The van der Waals surface area contributed by atoms with Gasteiger partial charge < -0.3 is 0 Å². The first-order valence-electron chi connectivity index (χ1n) is 6.58. The first-order valence-corrected chi connectivity index (χ1v) is 8.45. The number of Topliss-reactive ketones (excluding diaryl/α,β-unsaturated/α-hetero) is 1. The van der Waals surface area contributed by atoms with Crippen molar-refractivity contribution in [3.05, 3.63) is 65.3 Å². The maximum atomic E-state index is 13.5. The molecule has 106 valence electrons. The first-order chi connectivity index (χ1) is 10.2. The fraction of sp³-hybridized carbons (Fsp3) is 0.118. The second-order valence-electron chi connectivity index (χ2n) is 4.69. The average molecular weight is 316 g/mol. The minimum Gasteiger partial charge on any atom is -0.298 e. The molecule has 0 radical (unpaired) electrons. The Morgan fingerprint density at radius 2 is 1.86 bits per heavy atom. The van der Waals surface area contributed by atoms with E-state index in [1.807, 2.05) is 23.6 Å².